The Morgan fingerprint density at radius 1 is 1.08 bits per heavy atom. The summed E-state index contributed by atoms with van der Waals surface area (Å²) in [5, 5.41) is 8.13. The number of hydrogen-bond acceptors (Lipinski definition) is 2. The minimum absolute atomic E-state index is 0.0334. The fourth-order valence-corrected chi connectivity index (χ4v) is 2.75. The molecule has 0 atom stereocenters. The lowest BCUT2D eigenvalue weighted by atomic mass is 10.1. The summed E-state index contributed by atoms with van der Waals surface area (Å²) in [6.45, 7) is 3.75. The van der Waals surface area contributed by atoms with Gasteiger partial charge in [-0.25, -0.2) is 9.07 Å². The van der Waals surface area contributed by atoms with Crippen molar-refractivity contribution in [1.82, 2.24) is 15.1 Å². The number of nitrogens with one attached hydrogen (secondary N) is 1. The van der Waals surface area contributed by atoms with Gasteiger partial charge in [-0.2, -0.15) is 5.10 Å². The minimum atomic E-state index is -0.338. The number of aromatic nitrogens is 2. The van der Waals surface area contributed by atoms with Gasteiger partial charge in [0.1, 0.15) is 11.5 Å². The zero-order chi connectivity index (χ0) is 18.8. The Bertz CT molecular complexity index is 952. The van der Waals surface area contributed by atoms with Gasteiger partial charge >= 0.3 is 0 Å². The average molecular weight is 392 g/mol. The lowest BCUT2D eigenvalue weighted by molar-refractivity contribution is 0.0935. The zero-order valence-corrected chi connectivity index (χ0v) is 15.6. The zero-order valence-electron chi connectivity index (χ0n) is 14.1. The lowest BCUT2D eigenvalue weighted by Gasteiger charge is -2.11. The molecule has 1 aromatic heterocycles. The number of carbonyl (C=O) groups is 1. The van der Waals surface area contributed by atoms with Crippen LogP contribution in [-0.4, -0.2) is 21.7 Å². The molecule has 7 heteroatoms. The molecule has 0 saturated carbocycles. The van der Waals surface area contributed by atoms with E-state index in [9.17, 15) is 9.18 Å². The maximum atomic E-state index is 13.2. The summed E-state index contributed by atoms with van der Waals surface area (Å²) in [7, 11) is 0. The summed E-state index contributed by atoms with van der Waals surface area (Å²) in [6.07, 6.45) is 0. The molecule has 1 heterocycles. The molecule has 3 aromatic rings. The van der Waals surface area contributed by atoms with Crippen molar-refractivity contribution in [2.75, 3.05) is 0 Å². The van der Waals surface area contributed by atoms with Crippen LogP contribution in [0.15, 0.2) is 48.5 Å². The van der Waals surface area contributed by atoms with Crippen LogP contribution >= 0.6 is 23.2 Å². The molecule has 0 saturated heterocycles. The van der Waals surface area contributed by atoms with Gasteiger partial charge in [0.15, 0.2) is 0 Å². The molecular weight excluding hydrogens is 376 g/mol. The van der Waals surface area contributed by atoms with E-state index >= 15 is 0 Å². The number of amides is 1. The Balaban J connectivity index is 2.12. The molecule has 0 spiro atoms. The van der Waals surface area contributed by atoms with E-state index in [1.54, 1.807) is 36.4 Å². The molecule has 134 valence electrons. The van der Waals surface area contributed by atoms with Crippen LogP contribution in [0.4, 0.5) is 4.39 Å². The normalized spacial score (nSPS) is 11.0. The van der Waals surface area contributed by atoms with Gasteiger partial charge in [0.25, 0.3) is 5.91 Å². The van der Waals surface area contributed by atoms with Crippen molar-refractivity contribution in [1.29, 1.82) is 0 Å². The van der Waals surface area contributed by atoms with Gasteiger partial charge in [-0.05, 0) is 62.4 Å². The van der Waals surface area contributed by atoms with Crippen LogP contribution in [0.25, 0.3) is 16.9 Å². The van der Waals surface area contributed by atoms with Crippen molar-refractivity contribution < 1.29 is 9.18 Å². The predicted octanol–water partition coefficient (Wildman–Crippen LogP) is 5.12. The summed E-state index contributed by atoms with van der Waals surface area (Å²) in [4.78, 5) is 12.6. The maximum Gasteiger partial charge on any atom is 0.270 e. The molecule has 0 aliphatic rings. The van der Waals surface area contributed by atoms with E-state index in [-0.39, 0.29) is 17.8 Å². The van der Waals surface area contributed by atoms with Crippen LogP contribution in [-0.2, 0) is 0 Å². The molecule has 3 rings (SSSR count). The molecule has 1 amide bonds. The highest BCUT2D eigenvalue weighted by atomic mass is 35.5. The lowest BCUT2D eigenvalue weighted by Crippen LogP contribution is -2.31. The third-order valence-electron chi connectivity index (χ3n) is 3.65. The molecule has 0 unspecified atom stereocenters. The first-order valence-corrected chi connectivity index (χ1v) is 8.73. The van der Waals surface area contributed by atoms with Crippen LogP contribution in [0.3, 0.4) is 0 Å². The van der Waals surface area contributed by atoms with E-state index in [0.29, 0.717) is 32.7 Å². The first kappa shape index (κ1) is 18.4. The van der Waals surface area contributed by atoms with Gasteiger partial charge in [-0.3, -0.25) is 4.79 Å². The highest BCUT2D eigenvalue weighted by Crippen LogP contribution is 2.27. The number of benzene rings is 2. The fourth-order valence-electron chi connectivity index (χ4n) is 2.45. The molecule has 1 N–H and O–H groups in total. The Kier molecular flexibility index (Phi) is 5.30. The molecule has 0 fully saturated rings. The fraction of sp³-hybridized carbons (Fsp3) is 0.158. The van der Waals surface area contributed by atoms with Gasteiger partial charge in [-0.15, -0.1) is 0 Å². The van der Waals surface area contributed by atoms with E-state index < -0.39 is 0 Å². The Morgan fingerprint density at radius 3 is 2.38 bits per heavy atom. The molecule has 26 heavy (non-hydrogen) atoms. The molecule has 2 aromatic carbocycles. The van der Waals surface area contributed by atoms with Gasteiger partial charge in [0, 0.05) is 11.6 Å². The number of hydrogen-bond donors (Lipinski definition) is 1. The van der Waals surface area contributed by atoms with Gasteiger partial charge in [-0.1, -0.05) is 23.2 Å². The van der Waals surface area contributed by atoms with E-state index in [0.717, 1.165) is 0 Å². The summed E-state index contributed by atoms with van der Waals surface area (Å²) in [5.41, 5.74) is 2.19. The van der Waals surface area contributed by atoms with E-state index in [4.69, 9.17) is 23.2 Å². The second kappa shape index (κ2) is 7.48. The van der Waals surface area contributed by atoms with E-state index in [1.165, 1.54) is 16.8 Å². The molecule has 0 radical (unpaired) electrons. The van der Waals surface area contributed by atoms with E-state index in [1.807, 2.05) is 13.8 Å². The average Bonchev–Trinajstić information content (AvgIpc) is 3.03. The topological polar surface area (TPSA) is 46.9 Å². The smallest absolute Gasteiger partial charge is 0.270 e. The van der Waals surface area contributed by atoms with Crippen LogP contribution in [0.1, 0.15) is 24.3 Å². The van der Waals surface area contributed by atoms with Gasteiger partial charge in [0.2, 0.25) is 0 Å². The SMILES string of the molecule is CC(C)NC(=O)c1cc(-c2ccc(F)cc2)nn1-c1ccc(Cl)c(Cl)c1. The third-order valence-corrected chi connectivity index (χ3v) is 4.39. The first-order chi connectivity index (χ1) is 12.3. The van der Waals surface area contributed by atoms with Gasteiger partial charge < -0.3 is 5.32 Å². The molecular formula is C19H16Cl2FN3O. The highest BCUT2D eigenvalue weighted by Gasteiger charge is 2.19. The standard InChI is InChI=1S/C19H16Cl2FN3O/c1-11(2)23-19(26)18-10-17(12-3-5-13(22)6-4-12)24-25(18)14-7-8-15(20)16(21)9-14/h3-11H,1-2H3,(H,23,26). The molecule has 4 nitrogen and oxygen atoms in total. The monoisotopic (exact) mass is 391 g/mol. The number of rotatable bonds is 4. The van der Waals surface area contributed by atoms with Crippen LogP contribution < -0.4 is 5.32 Å². The minimum Gasteiger partial charge on any atom is -0.349 e. The molecule has 0 bridgehead atoms. The van der Waals surface area contributed by atoms with Crippen molar-refractivity contribution in [3.8, 4) is 16.9 Å². The quantitative estimate of drug-likeness (QED) is 0.670. The number of halogens is 3. The summed E-state index contributed by atoms with van der Waals surface area (Å²) in [5.74, 6) is -0.609. The second-order valence-corrected chi connectivity index (χ2v) is 6.87. The van der Waals surface area contributed by atoms with Crippen LogP contribution in [0.2, 0.25) is 10.0 Å². The maximum absolute atomic E-state index is 13.2. The Labute approximate surface area is 160 Å². The molecule has 0 aliphatic carbocycles. The number of nitrogens with zero attached hydrogens (tertiary/aromatic N) is 2. The van der Waals surface area contributed by atoms with Crippen molar-refractivity contribution in [2.24, 2.45) is 0 Å². The Hall–Kier alpha value is -2.37. The second-order valence-electron chi connectivity index (χ2n) is 6.06. The van der Waals surface area contributed by atoms with Gasteiger partial charge in [0.05, 0.1) is 21.4 Å². The van der Waals surface area contributed by atoms with E-state index in [2.05, 4.69) is 10.4 Å². The summed E-state index contributed by atoms with van der Waals surface area (Å²) < 4.78 is 14.7. The first-order valence-electron chi connectivity index (χ1n) is 7.97. The Morgan fingerprint density at radius 2 is 1.77 bits per heavy atom. The van der Waals surface area contributed by atoms with Crippen molar-refractivity contribution >= 4 is 29.1 Å². The largest absolute Gasteiger partial charge is 0.349 e. The highest BCUT2D eigenvalue weighted by molar-refractivity contribution is 6.42. The third kappa shape index (κ3) is 3.89. The van der Waals surface area contributed by atoms with Crippen molar-refractivity contribution in [3.63, 3.8) is 0 Å². The summed E-state index contributed by atoms with van der Waals surface area (Å²) in [6, 6.07) is 12.5. The number of carbonyl (C=O) groups excluding carboxylic acids is 1. The van der Waals surface area contributed by atoms with Crippen molar-refractivity contribution in [3.05, 3.63) is 70.1 Å². The van der Waals surface area contributed by atoms with Crippen molar-refractivity contribution in [2.45, 2.75) is 19.9 Å². The summed E-state index contributed by atoms with van der Waals surface area (Å²) >= 11 is 12.1. The van der Waals surface area contributed by atoms with Crippen LogP contribution in [0, 0.1) is 5.82 Å². The predicted molar refractivity (Wildman–Crippen MR) is 102 cm³/mol. The molecule has 0 aliphatic heterocycles. The van der Waals surface area contributed by atoms with Crippen LogP contribution in [0.5, 0.6) is 0 Å².